The van der Waals surface area contributed by atoms with Gasteiger partial charge < -0.3 is 9.64 Å². The lowest BCUT2D eigenvalue weighted by Gasteiger charge is -2.16. The van der Waals surface area contributed by atoms with Crippen LogP contribution in [0.3, 0.4) is 0 Å². The normalized spacial score (nSPS) is 10.5. The van der Waals surface area contributed by atoms with Gasteiger partial charge in [-0.1, -0.05) is 0 Å². The fourth-order valence-corrected chi connectivity index (χ4v) is 1.40. The number of likely N-dealkylation sites (N-methyl/N-ethyl adjacent to an activating group) is 1. The van der Waals surface area contributed by atoms with Crippen LogP contribution in [0.25, 0.3) is 0 Å². The largest absolute Gasteiger partial charge is 0.380 e. The first-order valence-corrected chi connectivity index (χ1v) is 5.88. The summed E-state index contributed by atoms with van der Waals surface area (Å²) in [6, 6.07) is 0. The van der Waals surface area contributed by atoms with Crippen LogP contribution in [0.4, 0.5) is 0 Å². The Bertz CT molecular complexity index is 313. The number of carbonyl (C=O) groups is 1. The first kappa shape index (κ1) is 13.6. The Morgan fingerprint density at radius 3 is 3.00 bits per heavy atom. The molecule has 1 heterocycles. The predicted octanol–water partition coefficient (Wildman–Crippen LogP) is 0.553. The van der Waals surface area contributed by atoms with E-state index in [0.717, 1.165) is 13.0 Å². The molecule has 0 aromatic carbocycles. The molecule has 0 bridgehead atoms. The van der Waals surface area contributed by atoms with Crippen molar-refractivity contribution >= 4 is 5.91 Å². The van der Waals surface area contributed by atoms with Gasteiger partial charge in [0.15, 0.2) is 0 Å². The highest BCUT2D eigenvalue weighted by Gasteiger charge is 2.07. The Hall–Kier alpha value is -1.43. The van der Waals surface area contributed by atoms with Crippen LogP contribution in [-0.4, -0.2) is 52.4 Å². The summed E-state index contributed by atoms with van der Waals surface area (Å²) in [5.74, 6) is 0.143. The first-order valence-electron chi connectivity index (χ1n) is 5.88. The van der Waals surface area contributed by atoms with E-state index in [-0.39, 0.29) is 5.91 Å². The molecule has 0 spiro atoms. The molecule has 96 valence electrons. The molecule has 0 N–H and O–H groups in total. The predicted molar refractivity (Wildman–Crippen MR) is 63.4 cm³/mol. The summed E-state index contributed by atoms with van der Waals surface area (Å²) in [7, 11) is 1.80. The van der Waals surface area contributed by atoms with Crippen LogP contribution in [0, 0.1) is 0 Å². The van der Waals surface area contributed by atoms with Gasteiger partial charge in [-0.25, -0.2) is 4.98 Å². The van der Waals surface area contributed by atoms with Crippen LogP contribution in [0.5, 0.6) is 0 Å². The average molecular weight is 240 g/mol. The Balaban J connectivity index is 2.11. The molecule has 17 heavy (non-hydrogen) atoms. The summed E-state index contributed by atoms with van der Waals surface area (Å²) in [5.41, 5.74) is 0. The van der Waals surface area contributed by atoms with Crippen LogP contribution >= 0.6 is 0 Å². The zero-order valence-electron chi connectivity index (χ0n) is 10.5. The lowest BCUT2D eigenvalue weighted by molar-refractivity contribution is -0.130. The number of hydrogen-bond acceptors (Lipinski definition) is 4. The first-order chi connectivity index (χ1) is 8.24. The van der Waals surface area contributed by atoms with Crippen LogP contribution in [0.2, 0.25) is 0 Å². The van der Waals surface area contributed by atoms with E-state index in [9.17, 15) is 4.79 Å². The van der Waals surface area contributed by atoms with Gasteiger partial charge in [0, 0.05) is 33.2 Å². The summed E-state index contributed by atoms with van der Waals surface area (Å²) in [4.78, 5) is 17.2. The zero-order chi connectivity index (χ0) is 12.5. The summed E-state index contributed by atoms with van der Waals surface area (Å²) in [6.45, 7) is 4.61. The number of nitrogens with zero attached hydrogens (tertiary/aromatic N) is 4. The van der Waals surface area contributed by atoms with Crippen molar-refractivity contribution < 1.29 is 9.53 Å². The summed E-state index contributed by atoms with van der Waals surface area (Å²) >= 11 is 0. The van der Waals surface area contributed by atoms with Crippen molar-refractivity contribution in [2.45, 2.75) is 26.3 Å². The second-order valence-electron chi connectivity index (χ2n) is 3.77. The van der Waals surface area contributed by atoms with Gasteiger partial charge in [0.1, 0.15) is 12.7 Å². The van der Waals surface area contributed by atoms with E-state index in [4.69, 9.17) is 4.74 Å². The second kappa shape index (κ2) is 7.78. The van der Waals surface area contributed by atoms with Gasteiger partial charge in [-0.05, 0) is 13.3 Å². The number of rotatable bonds is 8. The summed E-state index contributed by atoms with van der Waals surface area (Å²) in [5, 5.41) is 3.98. The molecule has 1 amide bonds. The van der Waals surface area contributed by atoms with Crippen molar-refractivity contribution in [3.8, 4) is 0 Å². The van der Waals surface area contributed by atoms with E-state index < -0.39 is 0 Å². The molecule has 1 aromatic heterocycles. The summed E-state index contributed by atoms with van der Waals surface area (Å²) < 4.78 is 6.93. The van der Waals surface area contributed by atoms with Gasteiger partial charge in [0.2, 0.25) is 5.91 Å². The van der Waals surface area contributed by atoms with Gasteiger partial charge in [-0.3, -0.25) is 9.48 Å². The molecule has 0 fully saturated rings. The molecule has 0 unspecified atom stereocenters. The molecule has 0 atom stereocenters. The molecule has 1 rings (SSSR count). The number of aryl methyl sites for hydroxylation is 1. The third kappa shape index (κ3) is 5.44. The minimum atomic E-state index is 0.143. The van der Waals surface area contributed by atoms with E-state index in [1.807, 2.05) is 6.92 Å². The van der Waals surface area contributed by atoms with E-state index >= 15 is 0 Å². The maximum atomic E-state index is 11.7. The quantitative estimate of drug-likeness (QED) is 0.623. The van der Waals surface area contributed by atoms with Crippen LogP contribution < -0.4 is 0 Å². The van der Waals surface area contributed by atoms with Crippen LogP contribution in [0.15, 0.2) is 12.7 Å². The van der Waals surface area contributed by atoms with Crippen LogP contribution in [0.1, 0.15) is 19.8 Å². The highest BCUT2D eigenvalue weighted by Crippen LogP contribution is 1.98. The lowest BCUT2D eigenvalue weighted by Crippen LogP contribution is -2.30. The molecule has 0 saturated carbocycles. The number of amides is 1. The third-order valence-electron chi connectivity index (χ3n) is 2.45. The molecular formula is C11H20N4O2. The third-order valence-corrected chi connectivity index (χ3v) is 2.45. The molecule has 0 radical (unpaired) electrons. The van der Waals surface area contributed by atoms with Crippen LogP contribution in [-0.2, 0) is 16.1 Å². The monoisotopic (exact) mass is 240 g/mol. The highest BCUT2D eigenvalue weighted by molar-refractivity contribution is 5.75. The van der Waals surface area contributed by atoms with Gasteiger partial charge in [-0.2, -0.15) is 5.10 Å². The van der Waals surface area contributed by atoms with E-state index in [1.54, 1.807) is 23.0 Å². The van der Waals surface area contributed by atoms with Gasteiger partial charge >= 0.3 is 0 Å². The maximum Gasteiger partial charge on any atom is 0.222 e. The van der Waals surface area contributed by atoms with E-state index in [1.165, 1.54) is 6.33 Å². The van der Waals surface area contributed by atoms with Gasteiger partial charge in [0.05, 0.1) is 6.61 Å². The maximum absolute atomic E-state index is 11.7. The SMILES string of the molecule is CCOCCN(C)C(=O)CCCn1cncn1. The molecule has 1 aromatic rings. The fraction of sp³-hybridized carbons (Fsp3) is 0.727. The van der Waals surface area contributed by atoms with Crippen molar-refractivity contribution in [2.75, 3.05) is 26.8 Å². The topological polar surface area (TPSA) is 60.2 Å². The van der Waals surface area contributed by atoms with E-state index in [0.29, 0.717) is 26.2 Å². The number of hydrogen-bond donors (Lipinski definition) is 0. The minimum absolute atomic E-state index is 0.143. The summed E-state index contributed by atoms with van der Waals surface area (Å²) in [6.07, 6.45) is 4.46. The Kier molecular flexibility index (Phi) is 6.24. The van der Waals surface area contributed by atoms with Crippen molar-refractivity contribution in [3.05, 3.63) is 12.7 Å². The fourth-order valence-electron chi connectivity index (χ4n) is 1.40. The molecule has 0 aliphatic carbocycles. The van der Waals surface area contributed by atoms with Crippen molar-refractivity contribution in [1.29, 1.82) is 0 Å². The number of carbonyl (C=O) groups excluding carboxylic acids is 1. The number of aromatic nitrogens is 3. The molecule has 0 aliphatic rings. The minimum Gasteiger partial charge on any atom is -0.380 e. The Morgan fingerprint density at radius 1 is 1.53 bits per heavy atom. The second-order valence-corrected chi connectivity index (χ2v) is 3.77. The molecule has 0 saturated heterocycles. The molecule has 0 aliphatic heterocycles. The standard InChI is InChI=1S/C11H20N4O2/c1-3-17-8-7-14(2)11(16)5-4-6-15-10-12-9-13-15/h9-10H,3-8H2,1-2H3. The lowest BCUT2D eigenvalue weighted by atomic mass is 10.3. The smallest absolute Gasteiger partial charge is 0.222 e. The van der Waals surface area contributed by atoms with Crippen molar-refractivity contribution in [3.63, 3.8) is 0 Å². The molecule has 6 nitrogen and oxygen atoms in total. The van der Waals surface area contributed by atoms with Gasteiger partial charge in [-0.15, -0.1) is 0 Å². The molecule has 6 heteroatoms. The van der Waals surface area contributed by atoms with Gasteiger partial charge in [0.25, 0.3) is 0 Å². The number of ether oxygens (including phenoxy) is 1. The van der Waals surface area contributed by atoms with E-state index in [2.05, 4.69) is 10.1 Å². The van der Waals surface area contributed by atoms with Crippen molar-refractivity contribution in [2.24, 2.45) is 0 Å². The highest BCUT2D eigenvalue weighted by atomic mass is 16.5. The zero-order valence-corrected chi connectivity index (χ0v) is 10.5. The van der Waals surface area contributed by atoms with Crippen molar-refractivity contribution in [1.82, 2.24) is 19.7 Å². The Morgan fingerprint density at radius 2 is 2.35 bits per heavy atom. The Labute approximate surface area is 102 Å². The molecular weight excluding hydrogens is 220 g/mol. The average Bonchev–Trinajstić information content (AvgIpc) is 2.82.